The molecule has 2 heterocycles. The van der Waals surface area contributed by atoms with Crippen molar-refractivity contribution in [1.29, 1.82) is 0 Å². The molecule has 0 unspecified atom stereocenters. The number of rotatable bonds is 6. The van der Waals surface area contributed by atoms with Crippen molar-refractivity contribution in [3.05, 3.63) is 41.7 Å². The molecule has 0 spiro atoms. The second-order valence-electron chi connectivity index (χ2n) is 5.33. The van der Waals surface area contributed by atoms with E-state index in [4.69, 9.17) is 10.5 Å². The van der Waals surface area contributed by atoms with Gasteiger partial charge in [0.15, 0.2) is 5.69 Å². The molecule has 1 amide bonds. The van der Waals surface area contributed by atoms with Gasteiger partial charge in [0.05, 0.1) is 7.11 Å². The molecule has 6 heteroatoms. The number of benzene rings is 1. The van der Waals surface area contributed by atoms with Crippen molar-refractivity contribution in [3.8, 4) is 5.75 Å². The minimum absolute atomic E-state index is 0.191. The van der Waals surface area contributed by atoms with E-state index >= 15 is 0 Å². The Kier molecular flexibility index (Phi) is 4.00. The molecule has 1 aliphatic rings. The fourth-order valence-electron chi connectivity index (χ4n) is 2.76. The fourth-order valence-corrected chi connectivity index (χ4v) is 2.76. The molecule has 1 aromatic heterocycles. The van der Waals surface area contributed by atoms with Gasteiger partial charge in [-0.2, -0.15) is 5.10 Å². The first kappa shape index (κ1) is 14.4. The highest BCUT2D eigenvalue weighted by molar-refractivity contribution is 5.90. The number of carbonyl (C=O) groups is 1. The van der Waals surface area contributed by atoms with Crippen LogP contribution in [0, 0.1) is 6.07 Å². The Bertz CT molecular complexity index is 681. The molecule has 2 aromatic rings. The molecule has 1 aliphatic heterocycles. The number of aromatic nitrogens is 2. The Hall–Kier alpha value is -2.50. The summed E-state index contributed by atoms with van der Waals surface area (Å²) in [4.78, 5) is 13.4. The molecule has 2 N–H and O–H groups in total. The molecule has 0 atom stereocenters. The number of ether oxygens (including phenoxy) is 1. The number of methoxy groups -OCH3 is 1. The molecular formula is C16H19N4O2. The Balaban J connectivity index is 1.58. The zero-order valence-corrected chi connectivity index (χ0v) is 12.6. The smallest absolute Gasteiger partial charge is 0.269 e. The zero-order chi connectivity index (χ0) is 15.5. The summed E-state index contributed by atoms with van der Waals surface area (Å²) in [7, 11) is 1.69. The Morgan fingerprint density at radius 3 is 3.05 bits per heavy atom. The van der Waals surface area contributed by atoms with E-state index in [0.29, 0.717) is 0 Å². The van der Waals surface area contributed by atoms with Gasteiger partial charge < -0.3 is 15.4 Å². The van der Waals surface area contributed by atoms with Crippen LogP contribution in [0.1, 0.15) is 22.5 Å². The Labute approximate surface area is 129 Å². The summed E-state index contributed by atoms with van der Waals surface area (Å²) in [5.74, 6) is 0.345. The third-order valence-corrected chi connectivity index (χ3v) is 3.91. The lowest BCUT2D eigenvalue weighted by Crippen LogP contribution is -2.23. The van der Waals surface area contributed by atoms with E-state index in [9.17, 15) is 4.79 Å². The molecule has 6 nitrogen and oxygen atoms in total. The fraction of sp³-hybridized carbons (Fsp3) is 0.375. The number of carbonyl (C=O) groups excluding carboxylic acids is 1. The minimum atomic E-state index is -0.542. The summed E-state index contributed by atoms with van der Waals surface area (Å²) in [6, 6.07) is 9.00. The van der Waals surface area contributed by atoms with Crippen molar-refractivity contribution in [2.24, 2.45) is 5.73 Å². The van der Waals surface area contributed by atoms with Crippen LogP contribution in [-0.4, -0.2) is 35.9 Å². The molecule has 115 valence electrons. The van der Waals surface area contributed by atoms with Gasteiger partial charge in [-0.3, -0.25) is 9.48 Å². The average molecular weight is 299 g/mol. The predicted octanol–water partition coefficient (Wildman–Crippen LogP) is 1.24. The number of nitrogens with zero attached hydrogens (tertiary/aromatic N) is 3. The van der Waals surface area contributed by atoms with Gasteiger partial charge in [0.2, 0.25) is 0 Å². The monoisotopic (exact) mass is 299 g/mol. The molecule has 22 heavy (non-hydrogen) atoms. The quantitative estimate of drug-likeness (QED) is 0.871. The molecule has 0 saturated carbocycles. The molecule has 0 bridgehead atoms. The minimum Gasteiger partial charge on any atom is -0.497 e. The van der Waals surface area contributed by atoms with Crippen LogP contribution in [0.25, 0.3) is 0 Å². The van der Waals surface area contributed by atoms with E-state index in [1.54, 1.807) is 18.0 Å². The van der Waals surface area contributed by atoms with E-state index in [1.807, 2.05) is 6.07 Å². The number of nitrogens with two attached hydrogens (primary N) is 1. The molecule has 3 rings (SSSR count). The maximum atomic E-state index is 11.0. The van der Waals surface area contributed by atoms with Gasteiger partial charge in [-0.25, -0.2) is 0 Å². The van der Waals surface area contributed by atoms with Gasteiger partial charge in [0.1, 0.15) is 5.75 Å². The number of hydrogen-bond acceptors (Lipinski definition) is 4. The number of fused-ring (bicyclic) bond motifs is 1. The Morgan fingerprint density at radius 2 is 2.32 bits per heavy atom. The van der Waals surface area contributed by atoms with Gasteiger partial charge in [-0.15, -0.1) is 0 Å². The van der Waals surface area contributed by atoms with Gasteiger partial charge in [-0.1, -0.05) is 6.07 Å². The molecule has 0 aliphatic carbocycles. The molecular weight excluding hydrogens is 280 g/mol. The maximum absolute atomic E-state index is 11.0. The first-order chi connectivity index (χ1) is 10.7. The third-order valence-electron chi connectivity index (χ3n) is 3.91. The number of anilines is 1. The summed E-state index contributed by atoms with van der Waals surface area (Å²) in [6.45, 7) is 2.70. The number of aryl methyl sites for hydroxylation is 1. The first-order valence-electron chi connectivity index (χ1n) is 7.34. The summed E-state index contributed by atoms with van der Waals surface area (Å²) >= 11 is 0. The maximum Gasteiger partial charge on any atom is 0.269 e. The van der Waals surface area contributed by atoms with E-state index in [1.165, 1.54) is 11.3 Å². The van der Waals surface area contributed by atoms with Gasteiger partial charge in [-0.05, 0) is 24.5 Å². The zero-order valence-electron chi connectivity index (χ0n) is 12.6. The third kappa shape index (κ3) is 2.90. The lowest BCUT2D eigenvalue weighted by atomic mass is 10.1. The van der Waals surface area contributed by atoms with Gasteiger partial charge in [0.25, 0.3) is 5.91 Å². The SMILES string of the molecule is COc1ccc2c(c1)N(CCCn1c[c]c(C(N)=O)n1)CC2. The van der Waals surface area contributed by atoms with Crippen molar-refractivity contribution in [2.45, 2.75) is 19.4 Å². The number of hydrogen-bond donors (Lipinski definition) is 1. The van der Waals surface area contributed by atoms with E-state index in [-0.39, 0.29) is 5.69 Å². The Morgan fingerprint density at radius 1 is 1.45 bits per heavy atom. The van der Waals surface area contributed by atoms with Crippen LogP contribution in [-0.2, 0) is 13.0 Å². The highest BCUT2D eigenvalue weighted by Gasteiger charge is 2.19. The van der Waals surface area contributed by atoms with E-state index < -0.39 is 5.91 Å². The molecule has 0 fully saturated rings. The van der Waals surface area contributed by atoms with Crippen molar-refractivity contribution in [3.63, 3.8) is 0 Å². The lowest BCUT2D eigenvalue weighted by Gasteiger charge is -2.19. The first-order valence-corrected chi connectivity index (χ1v) is 7.34. The topological polar surface area (TPSA) is 73.4 Å². The standard InChI is InChI=1S/C16H19N4O2/c1-22-13-4-3-12-5-9-19(15(12)11-13)7-2-8-20-10-6-14(18-20)16(17)21/h3-4,10-11H,2,5,7-9H2,1H3,(H2,17,21). The number of primary amides is 1. The second-order valence-corrected chi connectivity index (χ2v) is 5.33. The lowest BCUT2D eigenvalue weighted by molar-refractivity contribution is 0.0994. The molecule has 1 radical (unpaired) electrons. The van der Waals surface area contributed by atoms with Crippen LogP contribution in [0.5, 0.6) is 5.75 Å². The van der Waals surface area contributed by atoms with Crippen LogP contribution in [0.2, 0.25) is 0 Å². The average Bonchev–Trinajstić information content (AvgIpc) is 3.14. The normalized spacial score (nSPS) is 13.2. The largest absolute Gasteiger partial charge is 0.497 e. The van der Waals surface area contributed by atoms with Crippen LogP contribution >= 0.6 is 0 Å². The molecule has 0 saturated heterocycles. The van der Waals surface area contributed by atoms with E-state index in [2.05, 4.69) is 28.2 Å². The summed E-state index contributed by atoms with van der Waals surface area (Å²) in [5, 5.41) is 4.09. The van der Waals surface area contributed by atoms with Crippen molar-refractivity contribution >= 4 is 11.6 Å². The van der Waals surface area contributed by atoms with Gasteiger partial charge in [0, 0.05) is 43.7 Å². The van der Waals surface area contributed by atoms with Crippen LogP contribution in [0.4, 0.5) is 5.69 Å². The van der Waals surface area contributed by atoms with Crippen LogP contribution < -0.4 is 15.4 Å². The molecule has 1 aromatic carbocycles. The summed E-state index contributed by atoms with van der Waals surface area (Å²) in [5.41, 5.74) is 7.98. The van der Waals surface area contributed by atoms with Crippen molar-refractivity contribution in [2.75, 3.05) is 25.1 Å². The second kappa shape index (κ2) is 6.09. The highest BCUT2D eigenvalue weighted by Crippen LogP contribution is 2.31. The highest BCUT2D eigenvalue weighted by atomic mass is 16.5. The van der Waals surface area contributed by atoms with E-state index in [0.717, 1.165) is 38.2 Å². The van der Waals surface area contributed by atoms with Crippen molar-refractivity contribution in [1.82, 2.24) is 9.78 Å². The predicted molar refractivity (Wildman–Crippen MR) is 83.1 cm³/mol. The van der Waals surface area contributed by atoms with Crippen LogP contribution in [0.3, 0.4) is 0 Å². The summed E-state index contributed by atoms with van der Waals surface area (Å²) in [6.07, 6.45) is 3.67. The van der Waals surface area contributed by atoms with Gasteiger partial charge >= 0.3 is 0 Å². The number of amides is 1. The van der Waals surface area contributed by atoms with Crippen molar-refractivity contribution < 1.29 is 9.53 Å². The van der Waals surface area contributed by atoms with Crippen LogP contribution in [0.15, 0.2) is 24.4 Å². The summed E-state index contributed by atoms with van der Waals surface area (Å²) < 4.78 is 7.01.